The minimum Gasteiger partial charge on any atom is -0.334 e. The van der Waals surface area contributed by atoms with Crippen molar-refractivity contribution >= 4 is 57.0 Å². The van der Waals surface area contributed by atoms with Crippen LogP contribution < -0.4 is 20.7 Å². The summed E-state index contributed by atoms with van der Waals surface area (Å²) in [6.07, 6.45) is 7.53. The molecule has 0 spiro atoms. The highest BCUT2D eigenvalue weighted by Crippen LogP contribution is 2.57. The fraction of sp³-hybridized carbons (Fsp3) is 0.382. The van der Waals surface area contributed by atoms with Crippen molar-refractivity contribution in [2.45, 2.75) is 169 Å². The Hall–Kier alpha value is -6.00. The fourth-order valence-corrected chi connectivity index (χ4v) is 13.2. The molecule has 72 heavy (non-hydrogen) atoms. The summed E-state index contributed by atoms with van der Waals surface area (Å²) in [6, 6.07) is 45.7. The molecule has 4 aliphatic rings. The molecule has 2 aliphatic carbocycles. The van der Waals surface area contributed by atoms with E-state index in [2.05, 4.69) is 259 Å². The smallest absolute Gasteiger partial charge is 0.226 e. The minimum absolute atomic E-state index is 0.0412. The summed E-state index contributed by atoms with van der Waals surface area (Å²) in [7, 11) is 0. The number of fused-ring (bicyclic) bond motifs is 5. The normalized spacial score (nSPS) is 18.8. The number of aromatic nitrogens is 1. The largest absolute Gasteiger partial charge is 0.334 e. The van der Waals surface area contributed by atoms with Gasteiger partial charge in [0, 0.05) is 56.4 Å². The van der Waals surface area contributed by atoms with Gasteiger partial charge in [0.05, 0.1) is 11.7 Å². The molecule has 0 radical (unpaired) electrons. The molecule has 2 atom stereocenters. The van der Waals surface area contributed by atoms with Crippen molar-refractivity contribution in [2.75, 3.05) is 9.80 Å². The molecule has 0 fully saturated rings. The molecule has 6 aromatic carbocycles. The highest BCUT2D eigenvalue weighted by molar-refractivity contribution is 6.90. The van der Waals surface area contributed by atoms with Gasteiger partial charge in [-0.05, 0) is 178 Å². The van der Waals surface area contributed by atoms with Gasteiger partial charge in [-0.1, -0.05) is 168 Å². The molecule has 0 saturated heterocycles. The molecule has 11 rings (SSSR count). The van der Waals surface area contributed by atoms with Gasteiger partial charge < -0.3 is 14.4 Å². The van der Waals surface area contributed by atoms with Crippen LogP contribution in [0.15, 0.2) is 139 Å². The zero-order valence-electron chi connectivity index (χ0n) is 46.6. The van der Waals surface area contributed by atoms with Crippen molar-refractivity contribution in [1.82, 2.24) is 4.57 Å². The van der Waals surface area contributed by atoms with Crippen molar-refractivity contribution in [3.63, 3.8) is 0 Å². The van der Waals surface area contributed by atoms with Crippen molar-refractivity contribution in [3.05, 3.63) is 183 Å². The maximum Gasteiger partial charge on any atom is 0.226 e. The van der Waals surface area contributed by atoms with Crippen LogP contribution in [-0.4, -0.2) is 11.3 Å². The van der Waals surface area contributed by atoms with Gasteiger partial charge in [0.2, 0.25) is 6.71 Å². The Kier molecular flexibility index (Phi) is 10.9. The molecule has 0 bridgehead atoms. The standard InChI is InChI=1S/C68H78BN3/c1-41-34-59-61-60(35-41)72-62(51-21-19-18-20-42(51)2)44(4)52-37-47(66(11,12)13)38-56(63(52)72)69(61)55-31-30-50(39-58(55)71(59)57-40-54-53(36-43(57)3)67(14,15)32-33-68(54,16)17)70(48-26-22-45(23-27-48)64(5,6)7)49-28-24-46(25-29-49)65(8,9)10/h18-31,34-40,60-61H,32-33H2,1-17H3. The lowest BCUT2D eigenvalue weighted by Crippen LogP contribution is -2.58. The van der Waals surface area contributed by atoms with E-state index in [1.807, 2.05) is 0 Å². The summed E-state index contributed by atoms with van der Waals surface area (Å²) in [5.41, 5.74) is 27.0. The summed E-state index contributed by atoms with van der Waals surface area (Å²) in [6.45, 7) is 40.4. The number of aryl methyl sites for hydroxylation is 3. The number of benzene rings is 6. The Bertz CT molecular complexity index is 3350. The van der Waals surface area contributed by atoms with E-state index >= 15 is 0 Å². The number of anilines is 5. The summed E-state index contributed by atoms with van der Waals surface area (Å²) >= 11 is 0. The number of allylic oxidation sites excluding steroid dienone is 4. The molecule has 3 heterocycles. The molecule has 0 amide bonds. The van der Waals surface area contributed by atoms with Gasteiger partial charge in [-0.25, -0.2) is 0 Å². The first kappa shape index (κ1) is 48.3. The molecule has 1 aromatic heterocycles. The van der Waals surface area contributed by atoms with Crippen molar-refractivity contribution < 1.29 is 0 Å². The van der Waals surface area contributed by atoms with Gasteiger partial charge in [0.25, 0.3) is 0 Å². The van der Waals surface area contributed by atoms with Crippen LogP contribution in [0.2, 0.25) is 5.82 Å². The molecule has 4 heteroatoms. The molecule has 368 valence electrons. The van der Waals surface area contributed by atoms with Gasteiger partial charge in [0.1, 0.15) is 0 Å². The van der Waals surface area contributed by atoms with E-state index in [4.69, 9.17) is 0 Å². The van der Waals surface area contributed by atoms with Gasteiger partial charge in [-0.2, -0.15) is 0 Å². The van der Waals surface area contributed by atoms with Crippen LogP contribution in [0.4, 0.5) is 28.4 Å². The molecular formula is C68H78BN3. The van der Waals surface area contributed by atoms with E-state index in [1.165, 1.54) is 113 Å². The lowest BCUT2D eigenvalue weighted by molar-refractivity contribution is 0.332. The minimum atomic E-state index is -0.0412. The fourth-order valence-electron chi connectivity index (χ4n) is 13.2. The van der Waals surface area contributed by atoms with Crippen LogP contribution in [-0.2, 0) is 27.1 Å². The highest BCUT2D eigenvalue weighted by atomic mass is 15.2. The van der Waals surface area contributed by atoms with Crippen LogP contribution in [0.1, 0.15) is 160 Å². The molecule has 0 saturated carbocycles. The van der Waals surface area contributed by atoms with E-state index in [-0.39, 0.29) is 45.6 Å². The van der Waals surface area contributed by atoms with Gasteiger partial charge in [-0.3, -0.25) is 0 Å². The maximum absolute atomic E-state index is 2.79. The first-order valence-electron chi connectivity index (χ1n) is 27.0. The summed E-state index contributed by atoms with van der Waals surface area (Å²) in [5.74, 6) is 0.151. The number of nitrogens with zero attached hydrogens (tertiary/aromatic N) is 3. The third-order valence-corrected chi connectivity index (χ3v) is 17.7. The third-order valence-electron chi connectivity index (χ3n) is 17.7. The average molecular weight is 948 g/mol. The molecule has 0 N–H and O–H groups in total. The van der Waals surface area contributed by atoms with Crippen molar-refractivity contribution in [1.29, 1.82) is 0 Å². The molecule has 7 aromatic rings. The second kappa shape index (κ2) is 16.3. The molecular weight excluding hydrogens is 870 g/mol. The number of hydrogen-bond donors (Lipinski definition) is 0. The Balaban J connectivity index is 1.24. The summed E-state index contributed by atoms with van der Waals surface area (Å²) < 4.78 is 2.79. The molecule has 2 unspecified atom stereocenters. The second-order valence-corrected chi connectivity index (χ2v) is 26.8. The van der Waals surface area contributed by atoms with Crippen LogP contribution >= 0.6 is 0 Å². The predicted octanol–water partition coefficient (Wildman–Crippen LogP) is 17.5. The average Bonchev–Trinajstić information content (AvgIpc) is 3.60. The van der Waals surface area contributed by atoms with E-state index in [0.717, 1.165) is 17.1 Å². The van der Waals surface area contributed by atoms with E-state index in [1.54, 1.807) is 0 Å². The zero-order valence-corrected chi connectivity index (χ0v) is 46.6. The van der Waals surface area contributed by atoms with Gasteiger partial charge in [0.15, 0.2) is 0 Å². The van der Waals surface area contributed by atoms with Crippen molar-refractivity contribution in [3.8, 4) is 11.3 Å². The monoisotopic (exact) mass is 948 g/mol. The van der Waals surface area contributed by atoms with Crippen LogP contribution in [0.25, 0.3) is 22.2 Å². The van der Waals surface area contributed by atoms with E-state index < -0.39 is 0 Å². The third kappa shape index (κ3) is 7.59. The quantitative estimate of drug-likeness (QED) is 0.159. The molecule has 3 nitrogen and oxygen atoms in total. The van der Waals surface area contributed by atoms with Crippen molar-refractivity contribution in [2.24, 2.45) is 0 Å². The van der Waals surface area contributed by atoms with Gasteiger partial charge >= 0.3 is 0 Å². The maximum atomic E-state index is 2.79. The Labute approximate surface area is 433 Å². The first-order chi connectivity index (χ1) is 33.7. The van der Waals surface area contributed by atoms with Crippen LogP contribution in [0, 0.1) is 20.8 Å². The lowest BCUT2D eigenvalue weighted by Gasteiger charge is -2.50. The molecule has 2 aliphatic heterocycles. The Morgan fingerprint density at radius 2 is 1.11 bits per heavy atom. The summed E-state index contributed by atoms with van der Waals surface area (Å²) in [5, 5.41) is 1.39. The second-order valence-electron chi connectivity index (χ2n) is 26.8. The highest BCUT2D eigenvalue weighted by Gasteiger charge is 2.52. The van der Waals surface area contributed by atoms with E-state index in [9.17, 15) is 0 Å². The van der Waals surface area contributed by atoms with Crippen LogP contribution in [0.5, 0.6) is 0 Å². The first-order valence-corrected chi connectivity index (χ1v) is 27.0. The number of rotatable bonds is 5. The van der Waals surface area contributed by atoms with Crippen LogP contribution in [0.3, 0.4) is 0 Å². The predicted molar refractivity (Wildman–Crippen MR) is 312 cm³/mol. The SMILES string of the molecule is CC1=CC2C3B(c4ccc(N(c5ccc(C(C)(C)C)cc5)c5ccc(C(C)(C)C)cc5)cc4N(c4cc5c(cc4C)C(C)(C)CCC5(C)C)C3=C1)c1cc(C(C)(C)C)cc3c(C)c(-c4ccccc4C)n2c13. The zero-order chi connectivity index (χ0) is 51.4. The Morgan fingerprint density at radius 1 is 0.556 bits per heavy atom. The number of hydrogen-bond acceptors (Lipinski definition) is 2. The Morgan fingerprint density at radius 3 is 1.68 bits per heavy atom. The summed E-state index contributed by atoms with van der Waals surface area (Å²) in [4.78, 5) is 5.25. The van der Waals surface area contributed by atoms with Gasteiger partial charge in [-0.15, -0.1) is 0 Å². The topological polar surface area (TPSA) is 11.4 Å². The lowest BCUT2D eigenvalue weighted by atomic mass is 9.28. The van der Waals surface area contributed by atoms with E-state index in [0.29, 0.717) is 0 Å².